The minimum Gasteiger partial charge on any atom is -0.459 e. The predicted octanol–water partition coefficient (Wildman–Crippen LogP) is 3.40. The molecule has 0 saturated carbocycles. The molecule has 2 aromatic carbocycles. The highest BCUT2D eigenvalue weighted by Crippen LogP contribution is 2.43. The predicted molar refractivity (Wildman–Crippen MR) is 82.2 cm³/mol. The largest absolute Gasteiger partial charge is 0.459 e. The van der Waals surface area contributed by atoms with Gasteiger partial charge < -0.3 is 14.6 Å². The van der Waals surface area contributed by atoms with E-state index in [9.17, 15) is 35.9 Å². The second-order valence-electron chi connectivity index (χ2n) is 5.54. The van der Waals surface area contributed by atoms with Crippen molar-refractivity contribution in [2.45, 2.75) is 18.0 Å². The number of halogens is 6. The SMILES string of the molecule is O=C(OCCOC(=O)C(O)(C(F)(F)F)C(F)(F)F)c1ccc2ccccc2c1. The summed E-state index contributed by atoms with van der Waals surface area (Å²) in [4.78, 5) is 23.0. The normalized spacial score (nSPS) is 12.7. The third kappa shape index (κ3) is 4.19. The van der Waals surface area contributed by atoms with Crippen molar-refractivity contribution in [1.82, 2.24) is 0 Å². The van der Waals surface area contributed by atoms with Crippen LogP contribution >= 0.6 is 0 Å². The molecule has 0 aliphatic rings. The molecular formula is C17H12F6O5. The van der Waals surface area contributed by atoms with Gasteiger partial charge in [-0.05, 0) is 22.9 Å². The first-order valence-corrected chi connectivity index (χ1v) is 7.57. The van der Waals surface area contributed by atoms with Crippen molar-refractivity contribution in [3.8, 4) is 0 Å². The number of carbonyl (C=O) groups is 2. The molecule has 0 aliphatic carbocycles. The molecule has 0 atom stereocenters. The van der Waals surface area contributed by atoms with Crippen molar-refractivity contribution in [3.63, 3.8) is 0 Å². The molecule has 0 aromatic heterocycles. The lowest BCUT2D eigenvalue weighted by Crippen LogP contribution is -2.63. The van der Waals surface area contributed by atoms with E-state index in [0.717, 1.165) is 5.39 Å². The van der Waals surface area contributed by atoms with Gasteiger partial charge in [0.1, 0.15) is 13.2 Å². The quantitative estimate of drug-likeness (QED) is 0.465. The van der Waals surface area contributed by atoms with Crippen LogP contribution in [0.1, 0.15) is 10.4 Å². The summed E-state index contributed by atoms with van der Waals surface area (Å²) in [5, 5.41) is 10.3. The zero-order valence-electron chi connectivity index (χ0n) is 13.8. The number of rotatable bonds is 5. The summed E-state index contributed by atoms with van der Waals surface area (Å²) >= 11 is 0. The standard InChI is InChI=1S/C17H12F6O5/c18-16(19,20)15(26,17(21,22)23)14(25)28-8-7-27-13(24)12-6-5-10-3-1-2-4-11(10)9-12/h1-6,9,26H,7-8H2. The maximum absolute atomic E-state index is 12.5. The first kappa shape index (κ1) is 21.5. The lowest BCUT2D eigenvalue weighted by Gasteiger charge is -2.29. The maximum atomic E-state index is 12.5. The molecule has 0 fully saturated rings. The van der Waals surface area contributed by atoms with Gasteiger partial charge in [-0.25, -0.2) is 9.59 Å². The molecule has 28 heavy (non-hydrogen) atoms. The molecule has 11 heteroatoms. The van der Waals surface area contributed by atoms with Crippen LogP contribution in [0.15, 0.2) is 42.5 Å². The Labute approximate surface area is 153 Å². The summed E-state index contributed by atoms with van der Waals surface area (Å²) in [5.41, 5.74) is -5.60. The van der Waals surface area contributed by atoms with E-state index in [2.05, 4.69) is 9.47 Å². The average molecular weight is 410 g/mol. The number of esters is 2. The van der Waals surface area contributed by atoms with Gasteiger partial charge in [-0.2, -0.15) is 26.3 Å². The van der Waals surface area contributed by atoms with Gasteiger partial charge in [-0.15, -0.1) is 0 Å². The number of ether oxygens (including phenoxy) is 2. The Morgan fingerprint density at radius 2 is 1.36 bits per heavy atom. The minimum absolute atomic E-state index is 0.0760. The van der Waals surface area contributed by atoms with Crippen LogP contribution in [0.25, 0.3) is 10.8 Å². The van der Waals surface area contributed by atoms with E-state index in [0.29, 0.717) is 5.39 Å². The fourth-order valence-electron chi connectivity index (χ4n) is 2.16. The molecule has 0 heterocycles. The summed E-state index contributed by atoms with van der Waals surface area (Å²) < 4.78 is 83.3. The van der Waals surface area contributed by atoms with E-state index in [1.165, 1.54) is 12.1 Å². The molecular weight excluding hydrogens is 398 g/mol. The Hall–Kier alpha value is -2.82. The molecule has 2 aromatic rings. The molecule has 0 saturated heterocycles. The molecule has 0 unspecified atom stereocenters. The highest BCUT2D eigenvalue weighted by atomic mass is 19.4. The van der Waals surface area contributed by atoms with Gasteiger partial charge in [0.05, 0.1) is 5.56 Å². The second kappa shape index (κ2) is 7.66. The summed E-state index contributed by atoms with van der Waals surface area (Å²) in [6, 6.07) is 11.5. The average Bonchev–Trinajstić information content (AvgIpc) is 2.61. The number of fused-ring (bicyclic) bond motifs is 1. The van der Waals surface area contributed by atoms with Crippen LogP contribution in [-0.2, 0) is 14.3 Å². The number of carbonyl (C=O) groups excluding carboxylic acids is 2. The van der Waals surface area contributed by atoms with Crippen molar-refractivity contribution in [2.24, 2.45) is 0 Å². The summed E-state index contributed by atoms with van der Waals surface area (Å²) in [7, 11) is 0. The Balaban J connectivity index is 1.95. The fourth-order valence-corrected chi connectivity index (χ4v) is 2.16. The van der Waals surface area contributed by atoms with E-state index in [4.69, 9.17) is 5.11 Å². The summed E-state index contributed by atoms with van der Waals surface area (Å²) in [6.07, 6.45) is -12.7. The van der Waals surface area contributed by atoms with E-state index in [1.54, 1.807) is 30.3 Å². The summed E-state index contributed by atoms with van der Waals surface area (Å²) in [6.45, 7) is -1.93. The maximum Gasteiger partial charge on any atom is 0.437 e. The van der Waals surface area contributed by atoms with Gasteiger partial charge in [0.2, 0.25) is 0 Å². The van der Waals surface area contributed by atoms with Gasteiger partial charge in [0.15, 0.2) is 0 Å². The third-order valence-electron chi connectivity index (χ3n) is 3.65. The third-order valence-corrected chi connectivity index (χ3v) is 3.65. The van der Waals surface area contributed by atoms with Crippen molar-refractivity contribution in [1.29, 1.82) is 0 Å². The Morgan fingerprint density at radius 3 is 1.93 bits per heavy atom. The van der Waals surface area contributed by atoms with Gasteiger partial charge in [0.25, 0.3) is 0 Å². The first-order chi connectivity index (χ1) is 12.9. The molecule has 1 N–H and O–H groups in total. The molecule has 0 aliphatic heterocycles. The Bertz CT molecular complexity index is 860. The zero-order valence-corrected chi connectivity index (χ0v) is 13.8. The topological polar surface area (TPSA) is 72.8 Å². The highest BCUT2D eigenvalue weighted by Gasteiger charge is 2.76. The van der Waals surface area contributed by atoms with Gasteiger partial charge >= 0.3 is 29.9 Å². The molecule has 0 spiro atoms. The van der Waals surface area contributed by atoms with E-state index >= 15 is 0 Å². The number of alkyl halides is 6. The molecule has 2 rings (SSSR count). The van der Waals surface area contributed by atoms with Gasteiger partial charge in [-0.3, -0.25) is 0 Å². The van der Waals surface area contributed by atoms with Gasteiger partial charge in [-0.1, -0.05) is 30.3 Å². The van der Waals surface area contributed by atoms with Crippen LogP contribution in [-0.4, -0.2) is 48.2 Å². The highest BCUT2D eigenvalue weighted by molar-refractivity contribution is 5.95. The van der Waals surface area contributed by atoms with Crippen molar-refractivity contribution in [2.75, 3.05) is 13.2 Å². The van der Waals surface area contributed by atoms with Crippen LogP contribution in [0.2, 0.25) is 0 Å². The molecule has 0 bridgehead atoms. The second-order valence-corrected chi connectivity index (χ2v) is 5.54. The zero-order chi connectivity index (χ0) is 21.2. The monoisotopic (exact) mass is 410 g/mol. The molecule has 5 nitrogen and oxygen atoms in total. The Kier molecular flexibility index (Phi) is 5.88. The number of aliphatic hydroxyl groups is 1. The minimum atomic E-state index is -6.34. The number of hydrogen-bond donors (Lipinski definition) is 1. The van der Waals surface area contributed by atoms with E-state index in [1.807, 2.05) is 0 Å². The lowest BCUT2D eigenvalue weighted by molar-refractivity contribution is -0.357. The van der Waals surface area contributed by atoms with Crippen LogP contribution < -0.4 is 0 Å². The van der Waals surface area contributed by atoms with Crippen LogP contribution in [0.4, 0.5) is 26.3 Å². The molecule has 0 amide bonds. The van der Waals surface area contributed by atoms with Gasteiger partial charge in [0, 0.05) is 0 Å². The van der Waals surface area contributed by atoms with E-state index < -0.39 is 43.1 Å². The van der Waals surface area contributed by atoms with Crippen LogP contribution in [0.3, 0.4) is 0 Å². The van der Waals surface area contributed by atoms with Crippen LogP contribution in [0, 0.1) is 0 Å². The van der Waals surface area contributed by atoms with E-state index in [-0.39, 0.29) is 5.56 Å². The lowest BCUT2D eigenvalue weighted by atomic mass is 10.0. The smallest absolute Gasteiger partial charge is 0.437 e. The molecule has 0 radical (unpaired) electrons. The number of hydrogen-bond acceptors (Lipinski definition) is 5. The van der Waals surface area contributed by atoms with Crippen molar-refractivity contribution in [3.05, 3.63) is 48.0 Å². The number of benzene rings is 2. The van der Waals surface area contributed by atoms with Crippen molar-refractivity contribution < 1.29 is 50.5 Å². The first-order valence-electron chi connectivity index (χ1n) is 7.57. The van der Waals surface area contributed by atoms with Crippen molar-refractivity contribution >= 4 is 22.7 Å². The summed E-state index contributed by atoms with van der Waals surface area (Å²) in [5.74, 6) is -3.89. The van der Waals surface area contributed by atoms with Crippen LogP contribution in [0.5, 0.6) is 0 Å². The fraction of sp³-hybridized carbons (Fsp3) is 0.294. The molecule has 152 valence electrons. The Morgan fingerprint density at radius 1 is 0.821 bits per heavy atom.